The molecular formula is C18H21NO3. The van der Waals surface area contributed by atoms with Crippen molar-refractivity contribution in [2.75, 3.05) is 6.54 Å². The molecular weight excluding hydrogens is 278 g/mol. The Labute approximate surface area is 131 Å². The van der Waals surface area contributed by atoms with Crippen LogP contribution >= 0.6 is 0 Å². The highest BCUT2D eigenvalue weighted by Crippen LogP contribution is 2.21. The topological polar surface area (TPSA) is 55.4 Å². The summed E-state index contributed by atoms with van der Waals surface area (Å²) < 4.78 is 5.12. The maximum atomic E-state index is 11.9. The van der Waals surface area contributed by atoms with Crippen LogP contribution in [0.25, 0.3) is 0 Å². The van der Waals surface area contributed by atoms with E-state index < -0.39 is 11.7 Å². The molecule has 0 heterocycles. The lowest BCUT2D eigenvalue weighted by Gasteiger charge is -2.19. The van der Waals surface area contributed by atoms with Crippen LogP contribution in [0.3, 0.4) is 0 Å². The van der Waals surface area contributed by atoms with Gasteiger partial charge in [-0.2, -0.15) is 0 Å². The number of nitrogens with one attached hydrogen (secondary N) is 1. The van der Waals surface area contributed by atoms with Crippen molar-refractivity contribution >= 4 is 11.9 Å². The van der Waals surface area contributed by atoms with Crippen LogP contribution in [-0.2, 0) is 11.2 Å². The number of alkyl carbamates (subject to hydrolysis) is 1. The summed E-state index contributed by atoms with van der Waals surface area (Å²) in [5.74, 6) is 6.02. The third-order valence-corrected chi connectivity index (χ3v) is 3.21. The Hall–Kier alpha value is -2.28. The molecule has 1 aliphatic rings. The SMILES string of the molecule is CC(C)(C)OC(=O)NCC#Cc1ccc2c(c1)C(=O)CCC2. The molecule has 0 atom stereocenters. The molecule has 0 saturated heterocycles. The standard InChI is InChI=1S/C18H21NO3/c1-18(2,3)22-17(21)19-11-5-6-13-9-10-14-7-4-8-16(20)15(14)12-13/h9-10,12H,4,7-8,11H2,1-3H3,(H,19,21). The molecule has 0 aromatic heterocycles. The van der Waals surface area contributed by atoms with Crippen LogP contribution in [0.1, 0.15) is 55.1 Å². The maximum Gasteiger partial charge on any atom is 0.408 e. The highest BCUT2D eigenvalue weighted by atomic mass is 16.6. The van der Waals surface area contributed by atoms with E-state index >= 15 is 0 Å². The number of rotatable bonds is 1. The van der Waals surface area contributed by atoms with Gasteiger partial charge in [-0.05, 0) is 51.3 Å². The van der Waals surface area contributed by atoms with E-state index in [-0.39, 0.29) is 12.3 Å². The van der Waals surface area contributed by atoms with Crippen molar-refractivity contribution in [3.05, 3.63) is 34.9 Å². The normalized spacial score (nSPS) is 13.7. The Morgan fingerprint density at radius 3 is 2.82 bits per heavy atom. The van der Waals surface area contributed by atoms with Gasteiger partial charge in [0.1, 0.15) is 5.60 Å². The van der Waals surface area contributed by atoms with Gasteiger partial charge in [0.15, 0.2) is 5.78 Å². The summed E-state index contributed by atoms with van der Waals surface area (Å²) in [5.41, 5.74) is 2.17. The van der Waals surface area contributed by atoms with Crippen LogP contribution in [0.15, 0.2) is 18.2 Å². The summed E-state index contributed by atoms with van der Waals surface area (Å²) in [7, 11) is 0. The van der Waals surface area contributed by atoms with Crippen molar-refractivity contribution in [1.82, 2.24) is 5.32 Å². The molecule has 0 radical (unpaired) electrons. The van der Waals surface area contributed by atoms with Crippen LogP contribution in [0.5, 0.6) is 0 Å². The average molecular weight is 299 g/mol. The second-order valence-corrected chi connectivity index (χ2v) is 6.31. The third-order valence-electron chi connectivity index (χ3n) is 3.21. The number of aryl methyl sites for hydroxylation is 1. The number of hydrogen-bond donors (Lipinski definition) is 1. The van der Waals surface area contributed by atoms with E-state index in [9.17, 15) is 9.59 Å². The van der Waals surface area contributed by atoms with E-state index in [4.69, 9.17) is 4.74 Å². The first-order valence-corrected chi connectivity index (χ1v) is 7.47. The number of carbonyl (C=O) groups excluding carboxylic acids is 2. The molecule has 116 valence electrons. The van der Waals surface area contributed by atoms with E-state index in [2.05, 4.69) is 17.2 Å². The fraction of sp³-hybridized carbons (Fsp3) is 0.444. The number of benzene rings is 1. The minimum absolute atomic E-state index is 0.191. The Morgan fingerprint density at radius 1 is 1.32 bits per heavy atom. The summed E-state index contributed by atoms with van der Waals surface area (Å²) in [4.78, 5) is 23.3. The second-order valence-electron chi connectivity index (χ2n) is 6.31. The van der Waals surface area contributed by atoms with E-state index in [1.165, 1.54) is 0 Å². The number of carbonyl (C=O) groups is 2. The lowest BCUT2D eigenvalue weighted by atomic mass is 9.89. The first kappa shape index (κ1) is 16.1. The van der Waals surface area contributed by atoms with Crippen LogP contribution in [0.4, 0.5) is 4.79 Å². The van der Waals surface area contributed by atoms with Gasteiger partial charge in [-0.25, -0.2) is 4.79 Å². The molecule has 0 spiro atoms. The molecule has 4 nitrogen and oxygen atoms in total. The molecule has 2 rings (SSSR count). The zero-order chi connectivity index (χ0) is 16.2. The van der Waals surface area contributed by atoms with Crippen molar-refractivity contribution in [2.24, 2.45) is 0 Å². The van der Waals surface area contributed by atoms with Gasteiger partial charge in [0.25, 0.3) is 0 Å². The number of fused-ring (bicyclic) bond motifs is 1. The minimum atomic E-state index is -0.517. The van der Waals surface area contributed by atoms with E-state index in [1.54, 1.807) is 0 Å². The zero-order valence-corrected chi connectivity index (χ0v) is 13.3. The molecule has 0 unspecified atom stereocenters. The van der Waals surface area contributed by atoms with Crippen LogP contribution in [-0.4, -0.2) is 24.0 Å². The van der Waals surface area contributed by atoms with E-state index in [1.807, 2.05) is 39.0 Å². The molecule has 1 aromatic carbocycles. The predicted octanol–water partition coefficient (Wildman–Crippen LogP) is 3.08. The summed E-state index contributed by atoms with van der Waals surface area (Å²) >= 11 is 0. The van der Waals surface area contributed by atoms with Crippen LogP contribution < -0.4 is 5.32 Å². The van der Waals surface area contributed by atoms with E-state index in [0.717, 1.165) is 29.5 Å². The summed E-state index contributed by atoms with van der Waals surface area (Å²) in [6.45, 7) is 5.63. The Morgan fingerprint density at radius 2 is 2.09 bits per heavy atom. The number of Topliss-reactive ketones (excluding diaryl/α,β-unsaturated/α-hetero) is 1. The van der Waals surface area contributed by atoms with Gasteiger partial charge in [0.05, 0.1) is 6.54 Å². The molecule has 1 aliphatic carbocycles. The highest BCUT2D eigenvalue weighted by Gasteiger charge is 2.17. The molecule has 1 N–H and O–H groups in total. The van der Waals surface area contributed by atoms with Gasteiger partial charge in [0, 0.05) is 17.5 Å². The van der Waals surface area contributed by atoms with Crippen LogP contribution in [0, 0.1) is 11.8 Å². The first-order valence-electron chi connectivity index (χ1n) is 7.47. The lowest BCUT2D eigenvalue weighted by molar-refractivity contribution is 0.0535. The number of ether oxygens (including phenoxy) is 1. The lowest BCUT2D eigenvalue weighted by Crippen LogP contribution is -2.32. The molecule has 0 fully saturated rings. The zero-order valence-electron chi connectivity index (χ0n) is 13.3. The average Bonchev–Trinajstić information content (AvgIpc) is 2.42. The molecule has 1 amide bonds. The highest BCUT2D eigenvalue weighted by molar-refractivity contribution is 5.98. The largest absolute Gasteiger partial charge is 0.444 e. The van der Waals surface area contributed by atoms with Gasteiger partial charge in [0.2, 0.25) is 0 Å². The fourth-order valence-electron chi connectivity index (χ4n) is 2.28. The fourth-order valence-corrected chi connectivity index (χ4v) is 2.28. The Bertz CT molecular complexity index is 645. The Kier molecular flexibility index (Phi) is 4.87. The van der Waals surface area contributed by atoms with Crippen LogP contribution in [0.2, 0.25) is 0 Å². The third kappa shape index (κ3) is 4.63. The molecule has 0 bridgehead atoms. The van der Waals surface area contributed by atoms with Gasteiger partial charge in [-0.1, -0.05) is 17.9 Å². The molecule has 22 heavy (non-hydrogen) atoms. The predicted molar refractivity (Wildman–Crippen MR) is 84.8 cm³/mol. The summed E-state index contributed by atoms with van der Waals surface area (Å²) in [6, 6.07) is 5.73. The van der Waals surface area contributed by atoms with Gasteiger partial charge in [-0.15, -0.1) is 0 Å². The summed E-state index contributed by atoms with van der Waals surface area (Å²) in [6.07, 6.45) is 2.01. The second kappa shape index (κ2) is 6.65. The van der Waals surface area contributed by atoms with Crippen molar-refractivity contribution in [3.63, 3.8) is 0 Å². The van der Waals surface area contributed by atoms with Crippen molar-refractivity contribution in [3.8, 4) is 11.8 Å². The number of hydrogen-bond acceptors (Lipinski definition) is 3. The van der Waals surface area contributed by atoms with Gasteiger partial charge < -0.3 is 10.1 Å². The molecule has 0 aliphatic heterocycles. The number of amides is 1. The first-order chi connectivity index (χ1) is 10.3. The minimum Gasteiger partial charge on any atom is -0.444 e. The number of ketones is 1. The quantitative estimate of drug-likeness (QED) is 0.811. The van der Waals surface area contributed by atoms with Gasteiger partial charge >= 0.3 is 6.09 Å². The smallest absolute Gasteiger partial charge is 0.408 e. The molecule has 1 aromatic rings. The van der Waals surface area contributed by atoms with Crippen molar-refractivity contribution < 1.29 is 14.3 Å². The maximum absolute atomic E-state index is 11.9. The summed E-state index contributed by atoms with van der Waals surface area (Å²) in [5, 5.41) is 2.58. The van der Waals surface area contributed by atoms with Crippen molar-refractivity contribution in [2.45, 2.75) is 45.6 Å². The monoisotopic (exact) mass is 299 g/mol. The van der Waals surface area contributed by atoms with Crippen molar-refractivity contribution in [1.29, 1.82) is 0 Å². The van der Waals surface area contributed by atoms with E-state index in [0.29, 0.717) is 6.42 Å². The Balaban J connectivity index is 1.94. The molecule has 0 saturated carbocycles. The van der Waals surface area contributed by atoms with Gasteiger partial charge in [-0.3, -0.25) is 4.79 Å². The molecule has 4 heteroatoms.